The minimum absolute atomic E-state index is 0.346. The van der Waals surface area contributed by atoms with Crippen molar-refractivity contribution in [2.24, 2.45) is 21.8 Å². The van der Waals surface area contributed by atoms with Crippen LogP contribution in [0.1, 0.15) is 82.5 Å². The number of rotatable bonds is 10. The molecular weight excluding hydrogens is 454 g/mol. The number of aromatic nitrogens is 2. The van der Waals surface area contributed by atoms with Crippen molar-refractivity contribution in [3.8, 4) is 0 Å². The third-order valence-electron chi connectivity index (χ3n) is 7.15. The molecule has 0 saturated carbocycles. The summed E-state index contributed by atoms with van der Waals surface area (Å²) in [5.41, 5.74) is 4.93. The molecule has 0 radical (unpaired) electrons. The molecule has 1 N–H and O–H groups in total. The molecule has 0 aliphatic heterocycles. The number of hydrogen-bond donors (Lipinski definition) is 1. The summed E-state index contributed by atoms with van der Waals surface area (Å²) in [5.74, 6) is 1.55. The second-order valence-electron chi connectivity index (χ2n) is 9.26. The van der Waals surface area contributed by atoms with E-state index in [2.05, 4.69) is 47.9 Å². The van der Waals surface area contributed by atoms with Crippen molar-refractivity contribution in [1.82, 2.24) is 9.97 Å². The number of nitrogens with zero attached hydrogens (tertiary/aromatic N) is 4. The van der Waals surface area contributed by atoms with E-state index in [9.17, 15) is 0 Å². The van der Waals surface area contributed by atoms with Crippen LogP contribution in [0, 0.1) is 17.2 Å². The Balaban J connectivity index is 1.87. The Morgan fingerprint density at radius 3 is 2.51 bits per heavy atom. The predicted molar refractivity (Wildman–Crippen MR) is 149 cm³/mol. The first-order valence-corrected chi connectivity index (χ1v) is 13.2. The Morgan fingerprint density at radius 2 is 1.86 bits per heavy atom. The molecular formula is C29H38ClN5. The van der Waals surface area contributed by atoms with Crippen molar-refractivity contribution in [3.63, 3.8) is 0 Å². The van der Waals surface area contributed by atoms with Crippen molar-refractivity contribution in [2.45, 2.75) is 72.1 Å². The van der Waals surface area contributed by atoms with Gasteiger partial charge in [0.15, 0.2) is 0 Å². The van der Waals surface area contributed by atoms with Gasteiger partial charge in [-0.1, -0.05) is 75.9 Å². The number of allylic oxidation sites excluding steroid dienone is 2. The summed E-state index contributed by atoms with van der Waals surface area (Å²) in [6.45, 7) is 8.84. The third-order valence-corrected chi connectivity index (χ3v) is 7.48. The maximum Gasteiger partial charge on any atom is 0.249 e. The Bertz CT molecular complexity index is 1110. The lowest BCUT2D eigenvalue weighted by Crippen LogP contribution is -2.29. The first-order chi connectivity index (χ1) is 16.9. The summed E-state index contributed by atoms with van der Waals surface area (Å²) >= 11 is 6.50. The maximum absolute atomic E-state index is 8.73. The second-order valence-corrected chi connectivity index (χ2v) is 9.67. The SMILES string of the molecule is CCC(CC)C(CC)C/C=C\C(C)=Nc1ncc2c(n1)C(C(=NC)c1ccccc1Cl)C(=N)CC2. The Hall–Kier alpha value is -2.66. The van der Waals surface area contributed by atoms with Crippen LogP contribution in [0.5, 0.6) is 0 Å². The molecule has 0 spiro atoms. The average molecular weight is 492 g/mol. The van der Waals surface area contributed by atoms with Crippen molar-refractivity contribution < 1.29 is 0 Å². The number of aliphatic imine (C=N–C) groups is 2. The molecule has 2 atom stereocenters. The number of nitrogens with one attached hydrogen (secondary N) is 1. The van der Waals surface area contributed by atoms with E-state index in [0.717, 1.165) is 47.0 Å². The molecule has 6 heteroatoms. The summed E-state index contributed by atoms with van der Waals surface area (Å²) < 4.78 is 0. The van der Waals surface area contributed by atoms with Gasteiger partial charge in [0.2, 0.25) is 5.95 Å². The van der Waals surface area contributed by atoms with E-state index in [0.29, 0.717) is 29.0 Å². The van der Waals surface area contributed by atoms with Crippen LogP contribution >= 0.6 is 11.6 Å². The van der Waals surface area contributed by atoms with E-state index < -0.39 is 0 Å². The molecule has 2 aromatic rings. The van der Waals surface area contributed by atoms with Crippen molar-refractivity contribution in [2.75, 3.05) is 7.05 Å². The van der Waals surface area contributed by atoms with E-state index in [-0.39, 0.29) is 5.92 Å². The molecule has 1 aliphatic carbocycles. The molecule has 35 heavy (non-hydrogen) atoms. The minimum atomic E-state index is -0.346. The fraction of sp³-hybridized carbons (Fsp3) is 0.483. The van der Waals surface area contributed by atoms with Crippen molar-refractivity contribution in [3.05, 3.63) is 64.5 Å². The molecule has 1 aromatic carbocycles. The van der Waals surface area contributed by atoms with Gasteiger partial charge < -0.3 is 5.41 Å². The lowest BCUT2D eigenvalue weighted by atomic mass is 9.80. The largest absolute Gasteiger partial charge is 0.309 e. The van der Waals surface area contributed by atoms with Crippen LogP contribution in [-0.2, 0) is 6.42 Å². The summed E-state index contributed by atoms with van der Waals surface area (Å²) in [6, 6.07) is 7.65. The number of fused-ring (bicyclic) bond motifs is 1. The smallest absolute Gasteiger partial charge is 0.249 e. The number of benzene rings is 1. The van der Waals surface area contributed by atoms with Crippen LogP contribution in [-0.4, -0.2) is 34.2 Å². The molecule has 3 rings (SSSR count). The average Bonchev–Trinajstić information content (AvgIpc) is 2.86. The van der Waals surface area contributed by atoms with Gasteiger partial charge in [-0.3, -0.25) is 4.99 Å². The van der Waals surface area contributed by atoms with E-state index >= 15 is 0 Å². The molecule has 2 unspecified atom stereocenters. The first kappa shape index (κ1) is 26.9. The highest BCUT2D eigenvalue weighted by Gasteiger charge is 2.32. The molecule has 0 amide bonds. The minimum Gasteiger partial charge on any atom is -0.309 e. The zero-order valence-electron chi connectivity index (χ0n) is 21.7. The number of aryl methyl sites for hydroxylation is 1. The zero-order chi connectivity index (χ0) is 25.4. The molecule has 0 bridgehead atoms. The molecule has 0 saturated heterocycles. The lowest BCUT2D eigenvalue weighted by molar-refractivity contribution is 0.306. The van der Waals surface area contributed by atoms with Crippen LogP contribution in [0.2, 0.25) is 5.02 Å². The van der Waals surface area contributed by atoms with Crippen LogP contribution in [0.3, 0.4) is 0 Å². The second kappa shape index (κ2) is 12.9. The van der Waals surface area contributed by atoms with E-state index in [1.165, 1.54) is 19.3 Å². The van der Waals surface area contributed by atoms with E-state index in [1.54, 1.807) is 7.05 Å². The van der Waals surface area contributed by atoms with Crippen LogP contribution in [0.15, 0.2) is 52.6 Å². The van der Waals surface area contributed by atoms with Gasteiger partial charge in [0.05, 0.1) is 17.3 Å². The Kier molecular flexibility index (Phi) is 9.91. The Labute approximate surface area is 215 Å². The lowest BCUT2D eigenvalue weighted by Gasteiger charge is -2.27. The van der Waals surface area contributed by atoms with Crippen LogP contribution < -0.4 is 0 Å². The fourth-order valence-corrected chi connectivity index (χ4v) is 5.34. The first-order valence-electron chi connectivity index (χ1n) is 12.8. The number of hydrogen-bond acceptors (Lipinski definition) is 5. The molecule has 1 heterocycles. The highest BCUT2D eigenvalue weighted by molar-refractivity contribution is 6.35. The van der Waals surface area contributed by atoms with Gasteiger partial charge in [-0.15, -0.1) is 0 Å². The van der Waals surface area contributed by atoms with Crippen molar-refractivity contribution in [1.29, 1.82) is 5.41 Å². The van der Waals surface area contributed by atoms with Gasteiger partial charge in [0.1, 0.15) is 0 Å². The van der Waals surface area contributed by atoms with Crippen LogP contribution in [0.25, 0.3) is 0 Å². The third kappa shape index (κ3) is 6.52. The quantitative estimate of drug-likeness (QED) is 0.344. The van der Waals surface area contributed by atoms with Gasteiger partial charge >= 0.3 is 0 Å². The normalized spacial score (nSPS) is 17.8. The predicted octanol–water partition coefficient (Wildman–Crippen LogP) is 7.80. The zero-order valence-corrected chi connectivity index (χ0v) is 22.4. The van der Waals surface area contributed by atoms with E-state index in [4.69, 9.17) is 22.0 Å². The van der Waals surface area contributed by atoms with Gasteiger partial charge in [-0.05, 0) is 55.7 Å². The molecule has 5 nitrogen and oxygen atoms in total. The highest BCUT2D eigenvalue weighted by Crippen LogP contribution is 2.33. The molecule has 1 aliphatic rings. The highest BCUT2D eigenvalue weighted by atomic mass is 35.5. The van der Waals surface area contributed by atoms with E-state index in [1.807, 2.05) is 37.4 Å². The van der Waals surface area contributed by atoms with Crippen molar-refractivity contribution >= 4 is 34.7 Å². The summed E-state index contributed by atoms with van der Waals surface area (Å²) in [7, 11) is 1.75. The molecule has 0 fully saturated rings. The van der Waals surface area contributed by atoms with Crippen LogP contribution in [0.4, 0.5) is 5.95 Å². The summed E-state index contributed by atoms with van der Waals surface area (Å²) in [5, 5.41) is 9.35. The fourth-order valence-electron chi connectivity index (χ4n) is 5.11. The van der Waals surface area contributed by atoms with Gasteiger partial charge in [-0.25, -0.2) is 15.0 Å². The number of halogens is 1. The van der Waals surface area contributed by atoms with Gasteiger partial charge in [0, 0.05) is 35.3 Å². The standard InChI is InChI=1S/C29H38ClN5/c1-6-20(7-2)21(8-3)13-11-12-19(4)34-29-33-18-22-16-17-25(31)26(27(22)35-29)28(32-5)23-14-9-10-15-24(23)30/h9-12,14-15,18,20-21,26,31H,6-8,13,16-17H2,1-5H3/b12-11-,31-25?,32-28?,34-19?. The Morgan fingerprint density at radius 1 is 1.14 bits per heavy atom. The topological polar surface area (TPSA) is 74.3 Å². The molecule has 1 aromatic heterocycles. The molecule has 186 valence electrons. The van der Waals surface area contributed by atoms with Gasteiger partial charge in [-0.2, -0.15) is 0 Å². The van der Waals surface area contributed by atoms with Gasteiger partial charge in [0.25, 0.3) is 0 Å². The monoisotopic (exact) mass is 491 g/mol. The summed E-state index contributed by atoms with van der Waals surface area (Å²) in [6.07, 6.45) is 12.3. The maximum atomic E-state index is 8.73. The summed E-state index contributed by atoms with van der Waals surface area (Å²) in [4.78, 5) is 18.6.